The number of quaternary nitrogens is 1. The van der Waals surface area contributed by atoms with Crippen molar-refractivity contribution in [3.05, 3.63) is 40.2 Å². The van der Waals surface area contributed by atoms with E-state index in [0.29, 0.717) is 5.76 Å². The average molecular weight is 319 g/mol. The molecule has 0 unspecified atom stereocenters. The van der Waals surface area contributed by atoms with Crippen molar-refractivity contribution in [2.45, 2.75) is 39.7 Å². The molecular weight excluding hydrogens is 296 g/mol. The van der Waals surface area contributed by atoms with Gasteiger partial charge in [0.05, 0.1) is 19.4 Å². The van der Waals surface area contributed by atoms with E-state index in [4.69, 9.17) is 4.42 Å². The summed E-state index contributed by atoms with van der Waals surface area (Å²) in [6.07, 6.45) is 5.50. The average Bonchev–Trinajstić information content (AvgIpc) is 3.14. The molecule has 1 amide bonds. The van der Waals surface area contributed by atoms with Gasteiger partial charge in [-0.1, -0.05) is 0 Å². The summed E-state index contributed by atoms with van der Waals surface area (Å²) in [5.41, 5.74) is 2.61. The van der Waals surface area contributed by atoms with Gasteiger partial charge in [-0.3, -0.25) is 4.79 Å². The zero-order valence-corrected chi connectivity index (χ0v) is 14.0. The van der Waals surface area contributed by atoms with E-state index in [1.807, 2.05) is 0 Å². The van der Waals surface area contributed by atoms with Gasteiger partial charge >= 0.3 is 0 Å². The van der Waals surface area contributed by atoms with E-state index in [1.165, 1.54) is 54.6 Å². The molecule has 0 bridgehead atoms. The number of carbonyl (C=O) groups excluding carboxylic acids is 1. The van der Waals surface area contributed by atoms with Crippen molar-refractivity contribution in [2.75, 3.05) is 18.4 Å². The van der Waals surface area contributed by atoms with E-state index in [-0.39, 0.29) is 5.91 Å². The largest absolute Gasteiger partial charge is 0.459 e. The van der Waals surface area contributed by atoms with E-state index in [9.17, 15) is 4.79 Å². The lowest BCUT2D eigenvalue weighted by atomic mass is 10.1. The molecule has 3 rings (SSSR count). The molecule has 2 aromatic heterocycles. The fourth-order valence-corrected chi connectivity index (χ4v) is 4.11. The third-order valence-electron chi connectivity index (χ3n) is 4.47. The van der Waals surface area contributed by atoms with Gasteiger partial charge in [-0.25, -0.2) is 0 Å². The highest BCUT2D eigenvalue weighted by Gasteiger charge is 2.22. The number of piperidine rings is 1. The monoisotopic (exact) mass is 319 g/mol. The second-order valence-corrected chi connectivity index (χ2v) is 7.23. The molecule has 22 heavy (non-hydrogen) atoms. The van der Waals surface area contributed by atoms with Gasteiger partial charge < -0.3 is 14.6 Å². The van der Waals surface area contributed by atoms with Crippen LogP contribution in [-0.4, -0.2) is 19.0 Å². The highest BCUT2D eigenvalue weighted by Crippen LogP contribution is 2.32. The minimum Gasteiger partial charge on any atom is -0.459 e. The first-order valence-corrected chi connectivity index (χ1v) is 8.74. The second kappa shape index (κ2) is 6.67. The van der Waals surface area contributed by atoms with E-state index in [1.54, 1.807) is 28.4 Å². The first kappa shape index (κ1) is 15.3. The maximum atomic E-state index is 12.2. The summed E-state index contributed by atoms with van der Waals surface area (Å²) in [7, 11) is 0. The number of nitrogens with one attached hydrogen (secondary N) is 2. The van der Waals surface area contributed by atoms with E-state index in [2.05, 4.69) is 19.2 Å². The Morgan fingerprint density at radius 1 is 1.32 bits per heavy atom. The van der Waals surface area contributed by atoms with Crippen LogP contribution in [0, 0.1) is 13.8 Å². The molecule has 0 spiro atoms. The maximum absolute atomic E-state index is 12.2. The van der Waals surface area contributed by atoms with Crippen LogP contribution in [0.1, 0.15) is 45.8 Å². The SMILES string of the molecule is Cc1sc(NC(=O)c2ccco2)c(C[NH+]2CCCCC2)c1C. The summed E-state index contributed by atoms with van der Waals surface area (Å²) in [6.45, 7) is 7.76. The molecule has 2 aromatic rings. The van der Waals surface area contributed by atoms with Crippen molar-refractivity contribution in [2.24, 2.45) is 0 Å². The third kappa shape index (κ3) is 3.25. The number of likely N-dealkylation sites (tertiary alicyclic amines) is 1. The van der Waals surface area contributed by atoms with Crippen LogP contribution in [0.3, 0.4) is 0 Å². The molecule has 1 aliphatic rings. The molecule has 1 fully saturated rings. The lowest BCUT2D eigenvalue weighted by Gasteiger charge is -2.24. The van der Waals surface area contributed by atoms with Crippen LogP contribution < -0.4 is 10.2 Å². The van der Waals surface area contributed by atoms with Gasteiger partial charge in [-0.15, -0.1) is 11.3 Å². The van der Waals surface area contributed by atoms with Gasteiger partial charge in [0.1, 0.15) is 11.5 Å². The zero-order chi connectivity index (χ0) is 15.5. The molecule has 3 heterocycles. The normalized spacial score (nSPS) is 15.9. The molecule has 1 saturated heterocycles. The van der Waals surface area contributed by atoms with Gasteiger partial charge in [0.15, 0.2) is 5.76 Å². The Kier molecular flexibility index (Phi) is 4.64. The molecule has 1 aliphatic heterocycles. The van der Waals surface area contributed by atoms with Crippen molar-refractivity contribution in [1.82, 2.24) is 0 Å². The Morgan fingerprint density at radius 2 is 2.09 bits per heavy atom. The van der Waals surface area contributed by atoms with Gasteiger partial charge in [-0.2, -0.15) is 0 Å². The summed E-state index contributed by atoms with van der Waals surface area (Å²) in [5.74, 6) is 0.195. The molecule has 0 saturated carbocycles. The van der Waals surface area contributed by atoms with Gasteiger partial charge in [0, 0.05) is 10.4 Å². The maximum Gasteiger partial charge on any atom is 0.291 e. The van der Waals surface area contributed by atoms with E-state index < -0.39 is 0 Å². The summed E-state index contributed by atoms with van der Waals surface area (Å²) in [6, 6.07) is 3.43. The van der Waals surface area contributed by atoms with Crippen LogP contribution in [0.5, 0.6) is 0 Å². The van der Waals surface area contributed by atoms with Gasteiger partial charge in [0.2, 0.25) is 0 Å². The van der Waals surface area contributed by atoms with Crippen LogP contribution in [0.15, 0.2) is 22.8 Å². The molecule has 2 N–H and O–H groups in total. The molecule has 0 aliphatic carbocycles. The molecular formula is C17H23N2O2S+. The van der Waals surface area contributed by atoms with Crippen LogP contribution in [-0.2, 0) is 6.54 Å². The fraction of sp³-hybridized carbons (Fsp3) is 0.471. The Balaban J connectivity index is 1.78. The molecule has 5 heteroatoms. The first-order chi connectivity index (χ1) is 10.6. The number of furan rings is 1. The summed E-state index contributed by atoms with van der Waals surface area (Å²) in [5, 5.41) is 4.02. The number of aryl methyl sites for hydroxylation is 1. The molecule has 118 valence electrons. The number of carbonyl (C=O) groups is 1. The first-order valence-electron chi connectivity index (χ1n) is 7.92. The number of rotatable bonds is 4. The smallest absolute Gasteiger partial charge is 0.291 e. The summed E-state index contributed by atoms with van der Waals surface area (Å²) >= 11 is 1.67. The lowest BCUT2D eigenvalue weighted by Crippen LogP contribution is -3.11. The van der Waals surface area contributed by atoms with Crippen LogP contribution in [0.25, 0.3) is 0 Å². The second-order valence-electron chi connectivity index (χ2n) is 6.01. The Hall–Kier alpha value is -1.59. The Morgan fingerprint density at radius 3 is 2.77 bits per heavy atom. The minimum atomic E-state index is -0.166. The quantitative estimate of drug-likeness (QED) is 0.910. The number of anilines is 1. The highest BCUT2D eigenvalue weighted by atomic mass is 32.1. The summed E-state index contributed by atoms with van der Waals surface area (Å²) in [4.78, 5) is 15.1. The van der Waals surface area contributed by atoms with E-state index in [0.717, 1.165) is 11.5 Å². The highest BCUT2D eigenvalue weighted by molar-refractivity contribution is 7.16. The zero-order valence-electron chi connectivity index (χ0n) is 13.2. The number of hydrogen-bond acceptors (Lipinski definition) is 3. The van der Waals surface area contributed by atoms with Crippen molar-refractivity contribution >= 4 is 22.2 Å². The van der Waals surface area contributed by atoms with Crippen molar-refractivity contribution in [3.63, 3.8) is 0 Å². The van der Waals surface area contributed by atoms with Gasteiger partial charge in [-0.05, 0) is 50.8 Å². The van der Waals surface area contributed by atoms with Crippen LogP contribution >= 0.6 is 11.3 Å². The van der Waals surface area contributed by atoms with Gasteiger partial charge in [0.25, 0.3) is 5.91 Å². The van der Waals surface area contributed by atoms with Crippen LogP contribution in [0.2, 0.25) is 0 Å². The standard InChI is InChI=1S/C17H22N2O2S/c1-12-13(2)22-17(18-16(20)15-7-6-10-21-15)14(12)11-19-8-4-3-5-9-19/h6-7,10H,3-5,8-9,11H2,1-2H3,(H,18,20)/p+1. The van der Waals surface area contributed by atoms with Crippen molar-refractivity contribution in [3.8, 4) is 0 Å². The number of thiophene rings is 1. The summed E-state index contributed by atoms with van der Waals surface area (Å²) < 4.78 is 5.18. The topological polar surface area (TPSA) is 46.7 Å². The van der Waals surface area contributed by atoms with Crippen molar-refractivity contribution < 1.29 is 14.1 Å². The molecule has 0 aromatic carbocycles. The van der Waals surface area contributed by atoms with Crippen molar-refractivity contribution in [1.29, 1.82) is 0 Å². The lowest BCUT2D eigenvalue weighted by molar-refractivity contribution is -0.918. The fourth-order valence-electron chi connectivity index (χ4n) is 3.04. The Labute approximate surface area is 135 Å². The molecule has 4 nitrogen and oxygen atoms in total. The number of hydrogen-bond donors (Lipinski definition) is 2. The van der Waals surface area contributed by atoms with Crippen LogP contribution in [0.4, 0.5) is 5.00 Å². The van der Waals surface area contributed by atoms with E-state index >= 15 is 0 Å². The number of amides is 1. The predicted molar refractivity (Wildman–Crippen MR) is 88.7 cm³/mol. The molecule has 0 radical (unpaired) electrons. The predicted octanol–water partition coefficient (Wildman–Crippen LogP) is 2.78. The Bertz CT molecular complexity index is 640. The molecule has 0 atom stereocenters. The third-order valence-corrected chi connectivity index (χ3v) is 5.63. The minimum absolute atomic E-state index is 0.166.